The summed E-state index contributed by atoms with van der Waals surface area (Å²) in [5, 5.41) is 20.9. The first-order valence-electron chi connectivity index (χ1n) is 6.04. The second kappa shape index (κ2) is 5.88. The van der Waals surface area contributed by atoms with Gasteiger partial charge in [-0.3, -0.25) is 4.79 Å². The van der Waals surface area contributed by atoms with E-state index in [0.717, 1.165) is 18.0 Å². The summed E-state index contributed by atoms with van der Waals surface area (Å²) in [6.07, 6.45) is 6.13. The summed E-state index contributed by atoms with van der Waals surface area (Å²) < 4.78 is 0.708. The van der Waals surface area contributed by atoms with Crippen molar-refractivity contribution in [3.05, 3.63) is 0 Å². The molecule has 0 unspecified atom stereocenters. The lowest BCUT2D eigenvalue weighted by Gasteiger charge is -2.34. The van der Waals surface area contributed by atoms with Crippen molar-refractivity contribution in [1.82, 2.24) is 10.2 Å². The van der Waals surface area contributed by atoms with Crippen LogP contribution in [0, 0.1) is 0 Å². The first kappa shape index (κ1) is 13.6. The van der Waals surface area contributed by atoms with Gasteiger partial charge in [-0.15, -0.1) is 10.2 Å². The molecule has 0 saturated heterocycles. The molecule has 0 atom stereocenters. The smallest absolute Gasteiger partial charge is 0.313 e. The van der Waals surface area contributed by atoms with E-state index in [1.807, 2.05) is 0 Å². The molecule has 0 spiro atoms. The minimum Gasteiger partial charge on any atom is -0.481 e. The average Bonchev–Trinajstić information content (AvgIpc) is 2.74. The second-order valence-electron chi connectivity index (χ2n) is 4.80. The lowest BCUT2D eigenvalue weighted by atomic mass is 9.83. The Balaban J connectivity index is 1.91. The number of hydrogen-bond donors (Lipinski definition) is 2. The van der Waals surface area contributed by atoms with Crippen LogP contribution < -0.4 is 5.32 Å². The maximum Gasteiger partial charge on any atom is 0.313 e. The SMILES string of the molecule is CC1(Nc2nnc(SCC(=O)O)s2)CCCCC1. The van der Waals surface area contributed by atoms with Gasteiger partial charge in [0.25, 0.3) is 0 Å². The van der Waals surface area contributed by atoms with Crippen molar-refractivity contribution >= 4 is 34.2 Å². The Hall–Kier alpha value is -0.820. The van der Waals surface area contributed by atoms with Gasteiger partial charge in [0.05, 0.1) is 5.75 Å². The minimum absolute atomic E-state index is 0.0336. The molecule has 1 aromatic heterocycles. The highest BCUT2D eigenvalue weighted by atomic mass is 32.2. The van der Waals surface area contributed by atoms with Crippen LogP contribution in [0.4, 0.5) is 5.13 Å². The van der Waals surface area contributed by atoms with Crippen LogP contribution in [0.2, 0.25) is 0 Å². The van der Waals surface area contributed by atoms with Gasteiger partial charge in [-0.2, -0.15) is 0 Å². The van der Waals surface area contributed by atoms with E-state index in [-0.39, 0.29) is 11.3 Å². The molecule has 0 radical (unpaired) electrons. The minimum atomic E-state index is -0.830. The third-order valence-corrected chi connectivity index (χ3v) is 5.05. The van der Waals surface area contributed by atoms with E-state index in [2.05, 4.69) is 22.4 Å². The zero-order valence-corrected chi connectivity index (χ0v) is 11.9. The molecule has 2 N–H and O–H groups in total. The maximum absolute atomic E-state index is 10.5. The zero-order valence-electron chi connectivity index (χ0n) is 10.3. The van der Waals surface area contributed by atoms with Gasteiger partial charge in [0.1, 0.15) is 0 Å². The Labute approximate surface area is 114 Å². The number of hydrogen-bond acceptors (Lipinski definition) is 6. The van der Waals surface area contributed by atoms with Gasteiger partial charge in [-0.1, -0.05) is 42.4 Å². The van der Waals surface area contributed by atoms with E-state index < -0.39 is 5.97 Å². The fourth-order valence-electron chi connectivity index (χ4n) is 2.16. The molecule has 1 aliphatic rings. The molecule has 18 heavy (non-hydrogen) atoms. The molecule has 1 fully saturated rings. The van der Waals surface area contributed by atoms with Crippen molar-refractivity contribution in [2.45, 2.75) is 48.9 Å². The Morgan fingerprint density at radius 1 is 1.44 bits per heavy atom. The van der Waals surface area contributed by atoms with Crippen LogP contribution in [-0.4, -0.2) is 32.6 Å². The highest BCUT2D eigenvalue weighted by molar-refractivity contribution is 8.01. The molecule has 5 nitrogen and oxygen atoms in total. The summed E-state index contributed by atoms with van der Waals surface area (Å²) in [6.45, 7) is 2.22. The number of carboxylic acid groups (broad SMARTS) is 1. The third kappa shape index (κ3) is 3.84. The van der Waals surface area contributed by atoms with Crippen molar-refractivity contribution in [3.63, 3.8) is 0 Å². The number of aliphatic carboxylic acids is 1. The van der Waals surface area contributed by atoms with Crippen LogP contribution >= 0.6 is 23.1 Å². The second-order valence-corrected chi connectivity index (χ2v) is 7.00. The van der Waals surface area contributed by atoms with Crippen LogP contribution in [-0.2, 0) is 4.79 Å². The number of thioether (sulfide) groups is 1. The Morgan fingerprint density at radius 3 is 2.83 bits per heavy atom. The number of anilines is 1. The van der Waals surface area contributed by atoms with E-state index in [0.29, 0.717) is 4.34 Å². The Kier molecular flexibility index (Phi) is 4.45. The third-order valence-electron chi connectivity index (χ3n) is 3.09. The van der Waals surface area contributed by atoms with Gasteiger partial charge in [0.2, 0.25) is 5.13 Å². The highest BCUT2D eigenvalue weighted by Crippen LogP contribution is 2.33. The quantitative estimate of drug-likeness (QED) is 0.811. The van der Waals surface area contributed by atoms with Crippen LogP contribution in [0.5, 0.6) is 0 Å². The van der Waals surface area contributed by atoms with Crippen molar-refractivity contribution in [1.29, 1.82) is 0 Å². The fourth-order valence-corrected chi connectivity index (χ4v) is 3.78. The van der Waals surface area contributed by atoms with Crippen molar-refractivity contribution in [3.8, 4) is 0 Å². The van der Waals surface area contributed by atoms with Gasteiger partial charge in [0.15, 0.2) is 4.34 Å². The number of carbonyl (C=O) groups is 1. The Bertz CT molecular complexity index is 416. The molecule has 1 heterocycles. The molecule has 0 amide bonds. The van der Waals surface area contributed by atoms with E-state index in [1.165, 1.54) is 42.4 Å². The normalized spacial score (nSPS) is 18.5. The molecule has 1 aromatic rings. The number of carboxylic acids is 1. The molecule has 0 aliphatic heterocycles. The number of aromatic nitrogens is 2. The van der Waals surface area contributed by atoms with Crippen LogP contribution in [0.3, 0.4) is 0 Å². The predicted octanol–water partition coefficient (Wildman–Crippen LogP) is 2.85. The van der Waals surface area contributed by atoms with E-state index in [1.54, 1.807) is 0 Å². The number of nitrogens with zero attached hydrogens (tertiary/aromatic N) is 2. The predicted molar refractivity (Wildman–Crippen MR) is 73.4 cm³/mol. The maximum atomic E-state index is 10.5. The van der Waals surface area contributed by atoms with Gasteiger partial charge in [0, 0.05) is 5.54 Å². The van der Waals surface area contributed by atoms with Crippen molar-refractivity contribution in [2.24, 2.45) is 0 Å². The van der Waals surface area contributed by atoms with Gasteiger partial charge >= 0.3 is 5.97 Å². The van der Waals surface area contributed by atoms with E-state index in [9.17, 15) is 4.79 Å². The summed E-state index contributed by atoms with van der Waals surface area (Å²) in [6, 6.07) is 0. The summed E-state index contributed by atoms with van der Waals surface area (Å²) in [5.41, 5.74) is 0.118. The lowest BCUT2D eigenvalue weighted by Crippen LogP contribution is -2.36. The molecule has 2 rings (SSSR count). The summed E-state index contributed by atoms with van der Waals surface area (Å²) in [7, 11) is 0. The molecular weight excluding hydrogens is 270 g/mol. The average molecular weight is 287 g/mol. The molecule has 0 aromatic carbocycles. The van der Waals surface area contributed by atoms with Crippen LogP contribution in [0.25, 0.3) is 0 Å². The largest absolute Gasteiger partial charge is 0.481 e. The summed E-state index contributed by atoms with van der Waals surface area (Å²) >= 11 is 2.65. The fraction of sp³-hybridized carbons (Fsp3) is 0.727. The van der Waals surface area contributed by atoms with Crippen molar-refractivity contribution < 1.29 is 9.90 Å². The summed E-state index contributed by atoms with van der Waals surface area (Å²) in [4.78, 5) is 10.5. The number of rotatable bonds is 5. The van der Waals surface area contributed by atoms with E-state index in [4.69, 9.17) is 5.11 Å². The van der Waals surface area contributed by atoms with Crippen molar-refractivity contribution in [2.75, 3.05) is 11.1 Å². The topological polar surface area (TPSA) is 75.1 Å². The molecule has 7 heteroatoms. The first-order valence-corrected chi connectivity index (χ1v) is 7.84. The Morgan fingerprint density at radius 2 is 2.17 bits per heavy atom. The van der Waals surface area contributed by atoms with Gasteiger partial charge < -0.3 is 10.4 Å². The molecule has 0 bridgehead atoms. The van der Waals surface area contributed by atoms with Gasteiger partial charge in [-0.25, -0.2) is 0 Å². The molecule has 1 aliphatic carbocycles. The standard InChI is InChI=1S/C11H17N3O2S2/c1-11(5-3-2-4-6-11)12-9-13-14-10(18-9)17-7-8(15)16/h2-7H2,1H3,(H,12,13)(H,15,16). The van der Waals surface area contributed by atoms with E-state index >= 15 is 0 Å². The van der Waals surface area contributed by atoms with Crippen LogP contribution in [0.15, 0.2) is 4.34 Å². The van der Waals surface area contributed by atoms with Gasteiger partial charge in [-0.05, 0) is 19.8 Å². The molecular formula is C11H17N3O2S2. The zero-order chi connectivity index (χ0) is 13.0. The number of nitrogens with one attached hydrogen (secondary N) is 1. The van der Waals surface area contributed by atoms with Crippen LogP contribution in [0.1, 0.15) is 39.0 Å². The monoisotopic (exact) mass is 287 g/mol. The molecule has 100 valence electrons. The lowest BCUT2D eigenvalue weighted by molar-refractivity contribution is -0.133. The highest BCUT2D eigenvalue weighted by Gasteiger charge is 2.27. The summed E-state index contributed by atoms with van der Waals surface area (Å²) in [5.74, 6) is -0.796. The first-order chi connectivity index (χ1) is 8.57. The molecule has 1 saturated carbocycles.